The van der Waals surface area contributed by atoms with Crippen LogP contribution in [0, 0.1) is 27.7 Å². The van der Waals surface area contributed by atoms with Crippen LogP contribution in [-0.2, 0) is 16.0 Å². The molecule has 2 aromatic rings. The highest BCUT2D eigenvalue weighted by molar-refractivity contribution is 5.79. The van der Waals surface area contributed by atoms with Crippen molar-refractivity contribution in [2.75, 3.05) is 19.8 Å². The van der Waals surface area contributed by atoms with Gasteiger partial charge in [-0.3, -0.25) is 4.79 Å². The van der Waals surface area contributed by atoms with Gasteiger partial charge in [0.25, 0.3) is 5.95 Å². The second-order valence-electron chi connectivity index (χ2n) is 6.86. The van der Waals surface area contributed by atoms with E-state index in [1.165, 1.54) is 0 Å². The Labute approximate surface area is 161 Å². The number of carbonyl (C=O) groups excluding carboxylic acids is 1. The summed E-state index contributed by atoms with van der Waals surface area (Å²) in [5.41, 5.74) is 4.44. The van der Waals surface area contributed by atoms with Gasteiger partial charge in [-0.2, -0.15) is 5.10 Å². The maximum atomic E-state index is 12.3. The highest BCUT2D eigenvalue weighted by Gasteiger charge is 2.17. The van der Waals surface area contributed by atoms with Crippen LogP contribution in [0.2, 0.25) is 0 Å². The Kier molecular flexibility index (Phi) is 7.91. The third kappa shape index (κ3) is 6.13. The molecule has 2 heterocycles. The van der Waals surface area contributed by atoms with E-state index in [1.807, 2.05) is 33.8 Å². The first-order valence-corrected chi connectivity index (χ1v) is 9.64. The average Bonchev–Trinajstić information content (AvgIpc) is 2.88. The minimum atomic E-state index is -0.00403. The minimum absolute atomic E-state index is 0.00403. The molecule has 0 radical (unpaired) electrons. The molecule has 2 aromatic heterocycles. The van der Waals surface area contributed by atoms with Crippen LogP contribution in [0.4, 0.5) is 0 Å². The summed E-state index contributed by atoms with van der Waals surface area (Å²) in [6.45, 7) is 12.0. The lowest BCUT2D eigenvalue weighted by Gasteiger charge is -2.07. The first kappa shape index (κ1) is 21.0. The second kappa shape index (κ2) is 10.2. The van der Waals surface area contributed by atoms with Crippen LogP contribution in [0.25, 0.3) is 5.95 Å². The molecule has 1 N–H and O–H groups in total. The maximum absolute atomic E-state index is 12.3. The molecule has 1 amide bonds. The Bertz CT molecular complexity index is 750. The van der Waals surface area contributed by atoms with Crippen molar-refractivity contribution >= 4 is 5.91 Å². The van der Waals surface area contributed by atoms with Crippen molar-refractivity contribution in [3.63, 3.8) is 0 Å². The van der Waals surface area contributed by atoms with Gasteiger partial charge < -0.3 is 10.1 Å². The van der Waals surface area contributed by atoms with Crippen LogP contribution in [0.5, 0.6) is 0 Å². The van der Waals surface area contributed by atoms with E-state index in [-0.39, 0.29) is 5.91 Å². The summed E-state index contributed by atoms with van der Waals surface area (Å²) in [6, 6.07) is 1.93. The molecular weight excluding hydrogens is 342 g/mol. The zero-order valence-electron chi connectivity index (χ0n) is 17.1. The van der Waals surface area contributed by atoms with E-state index in [4.69, 9.17) is 4.74 Å². The highest BCUT2D eigenvalue weighted by atomic mass is 16.5. The molecule has 27 heavy (non-hydrogen) atoms. The Morgan fingerprint density at radius 2 is 1.78 bits per heavy atom. The van der Waals surface area contributed by atoms with Crippen LogP contribution in [0.15, 0.2) is 6.07 Å². The van der Waals surface area contributed by atoms with E-state index in [0.717, 1.165) is 54.2 Å². The smallest absolute Gasteiger partial charge is 0.251 e. The predicted molar refractivity (Wildman–Crippen MR) is 105 cm³/mol. The van der Waals surface area contributed by atoms with E-state index < -0.39 is 0 Å². The van der Waals surface area contributed by atoms with Crippen molar-refractivity contribution in [1.82, 2.24) is 25.1 Å². The van der Waals surface area contributed by atoms with Crippen LogP contribution in [-0.4, -0.2) is 45.4 Å². The number of carbonyl (C=O) groups is 1. The predicted octanol–water partition coefficient (Wildman–Crippen LogP) is 2.76. The van der Waals surface area contributed by atoms with Gasteiger partial charge in [0.1, 0.15) is 0 Å². The van der Waals surface area contributed by atoms with Crippen molar-refractivity contribution in [2.45, 2.75) is 60.3 Å². The van der Waals surface area contributed by atoms with E-state index >= 15 is 0 Å². The van der Waals surface area contributed by atoms with Crippen molar-refractivity contribution in [3.8, 4) is 5.95 Å². The van der Waals surface area contributed by atoms with Crippen molar-refractivity contribution in [2.24, 2.45) is 0 Å². The van der Waals surface area contributed by atoms with Gasteiger partial charge in [-0.05, 0) is 46.6 Å². The van der Waals surface area contributed by atoms with E-state index in [1.54, 1.807) is 4.68 Å². The summed E-state index contributed by atoms with van der Waals surface area (Å²) in [7, 11) is 0. The fraction of sp³-hybridized carbons (Fsp3) is 0.600. The number of unbranched alkanes of at least 4 members (excludes halogenated alkanes) is 1. The first-order chi connectivity index (χ1) is 12.9. The largest absolute Gasteiger partial charge is 0.381 e. The summed E-state index contributed by atoms with van der Waals surface area (Å²) < 4.78 is 7.23. The number of hydrogen-bond acceptors (Lipinski definition) is 5. The molecule has 0 saturated heterocycles. The van der Waals surface area contributed by atoms with Gasteiger partial charge in [-0.15, -0.1) is 0 Å². The highest BCUT2D eigenvalue weighted by Crippen LogP contribution is 2.17. The fourth-order valence-electron chi connectivity index (χ4n) is 2.90. The van der Waals surface area contributed by atoms with Crippen LogP contribution >= 0.6 is 0 Å². The molecule has 148 valence electrons. The lowest BCUT2D eigenvalue weighted by atomic mass is 10.1. The number of amides is 1. The van der Waals surface area contributed by atoms with Gasteiger partial charge in [0.05, 0.1) is 12.1 Å². The van der Waals surface area contributed by atoms with Gasteiger partial charge in [-0.1, -0.05) is 13.3 Å². The summed E-state index contributed by atoms with van der Waals surface area (Å²) in [5, 5.41) is 7.50. The Hall–Kier alpha value is -2.28. The standard InChI is InChI=1S/C20H31N5O2/c1-6-7-10-27-11-8-9-21-19(26)13-18-16(4)24-25(17(18)5)20-22-14(2)12-15(3)23-20/h12H,6-11,13H2,1-5H3,(H,21,26). The molecule has 0 aromatic carbocycles. The third-order valence-electron chi connectivity index (χ3n) is 4.37. The second-order valence-corrected chi connectivity index (χ2v) is 6.86. The Morgan fingerprint density at radius 1 is 1.11 bits per heavy atom. The first-order valence-electron chi connectivity index (χ1n) is 9.64. The van der Waals surface area contributed by atoms with Crippen LogP contribution < -0.4 is 5.32 Å². The van der Waals surface area contributed by atoms with E-state index in [2.05, 4.69) is 27.3 Å². The van der Waals surface area contributed by atoms with Gasteiger partial charge in [0.15, 0.2) is 0 Å². The number of hydrogen-bond donors (Lipinski definition) is 1. The van der Waals surface area contributed by atoms with Gasteiger partial charge in [0, 0.05) is 42.4 Å². The van der Waals surface area contributed by atoms with Gasteiger partial charge in [0.2, 0.25) is 5.91 Å². The van der Waals surface area contributed by atoms with Crippen molar-refractivity contribution in [1.29, 1.82) is 0 Å². The Balaban J connectivity index is 1.93. The van der Waals surface area contributed by atoms with Gasteiger partial charge >= 0.3 is 0 Å². The molecule has 0 aliphatic rings. The molecule has 0 spiro atoms. The monoisotopic (exact) mass is 373 g/mol. The summed E-state index contributed by atoms with van der Waals surface area (Å²) in [4.78, 5) is 21.2. The molecule has 0 saturated carbocycles. The zero-order valence-corrected chi connectivity index (χ0v) is 17.1. The number of aryl methyl sites for hydroxylation is 3. The minimum Gasteiger partial charge on any atom is -0.381 e. The summed E-state index contributed by atoms with van der Waals surface area (Å²) in [5.74, 6) is 0.541. The van der Waals surface area contributed by atoms with Crippen LogP contribution in [0.1, 0.15) is 54.5 Å². The SMILES string of the molecule is CCCCOCCCNC(=O)Cc1c(C)nn(-c2nc(C)cc(C)n2)c1C. The molecule has 0 aliphatic carbocycles. The molecule has 0 aliphatic heterocycles. The van der Waals surface area contributed by atoms with E-state index in [9.17, 15) is 4.79 Å². The average molecular weight is 374 g/mol. The molecular formula is C20H31N5O2. The zero-order chi connectivity index (χ0) is 19.8. The molecule has 0 bridgehead atoms. The topological polar surface area (TPSA) is 81.9 Å². The normalized spacial score (nSPS) is 11.0. The molecule has 0 atom stereocenters. The maximum Gasteiger partial charge on any atom is 0.251 e. The molecule has 7 heteroatoms. The quantitative estimate of drug-likeness (QED) is 0.648. The molecule has 2 rings (SSSR count). The van der Waals surface area contributed by atoms with Crippen LogP contribution in [0.3, 0.4) is 0 Å². The lowest BCUT2D eigenvalue weighted by molar-refractivity contribution is -0.120. The summed E-state index contributed by atoms with van der Waals surface area (Å²) >= 11 is 0. The Morgan fingerprint density at radius 3 is 2.44 bits per heavy atom. The molecule has 7 nitrogen and oxygen atoms in total. The molecule has 0 fully saturated rings. The summed E-state index contributed by atoms with van der Waals surface area (Å²) in [6.07, 6.45) is 3.34. The molecule has 0 unspecified atom stereocenters. The van der Waals surface area contributed by atoms with E-state index in [0.29, 0.717) is 25.5 Å². The number of ether oxygens (including phenoxy) is 1. The number of nitrogens with one attached hydrogen (secondary N) is 1. The number of nitrogens with zero attached hydrogens (tertiary/aromatic N) is 4. The lowest BCUT2D eigenvalue weighted by Crippen LogP contribution is -2.27. The number of aromatic nitrogens is 4. The van der Waals surface area contributed by atoms with Gasteiger partial charge in [-0.25, -0.2) is 14.6 Å². The third-order valence-corrected chi connectivity index (χ3v) is 4.37. The number of rotatable bonds is 10. The van der Waals surface area contributed by atoms with Crippen molar-refractivity contribution in [3.05, 3.63) is 34.4 Å². The fourth-order valence-corrected chi connectivity index (χ4v) is 2.90. The van der Waals surface area contributed by atoms with Crippen molar-refractivity contribution < 1.29 is 9.53 Å².